The predicted octanol–water partition coefficient (Wildman–Crippen LogP) is 2.15. The lowest BCUT2D eigenvalue weighted by molar-refractivity contribution is -0.123. The van der Waals surface area contributed by atoms with Gasteiger partial charge in [-0.05, 0) is 48.4 Å². The van der Waals surface area contributed by atoms with Crippen LogP contribution in [0.1, 0.15) is 29.3 Å². The van der Waals surface area contributed by atoms with Crippen molar-refractivity contribution in [1.29, 1.82) is 0 Å². The number of allylic oxidation sites excluding steroid dienone is 1. The molecule has 0 bridgehead atoms. The first-order valence-electron chi connectivity index (χ1n) is 10.2. The van der Waals surface area contributed by atoms with Crippen molar-refractivity contribution >= 4 is 29.4 Å². The number of benzene rings is 2. The number of hydrogen-bond donors (Lipinski definition) is 3. The monoisotopic (exact) mass is 471 g/mol. The van der Waals surface area contributed by atoms with Gasteiger partial charge in [-0.1, -0.05) is 6.07 Å². The number of ether oxygens (including phenoxy) is 4. The molecule has 0 spiro atoms. The van der Waals surface area contributed by atoms with Crippen molar-refractivity contribution in [2.24, 2.45) is 11.5 Å². The average molecular weight is 472 g/mol. The standard InChI is InChI=1S/C24H29N3O7/c1-13(22(29)15-10-19(32-3)23(34-5)20(11-15)33-4)8-14-6-7-18(31-2)17(9-14)27-24(30)16(25)12-21(26)28/h6-11,16H,12,25H2,1-5H3,(H2,26,28)(H,27,30)/b13-8+. The highest BCUT2D eigenvalue weighted by molar-refractivity contribution is 6.11. The van der Waals surface area contributed by atoms with Gasteiger partial charge in [-0.25, -0.2) is 0 Å². The Labute approximate surface area is 197 Å². The quantitative estimate of drug-likeness (QED) is 0.333. The SMILES string of the molecule is COc1ccc(/C=C(\C)C(=O)c2cc(OC)c(OC)c(OC)c2)cc1NC(=O)C(N)CC(N)=O. The van der Waals surface area contributed by atoms with Crippen LogP contribution in [-0.4, -0.2) is 52.1 Å². The van der Waals surface area contributed by atoms with Crippen LogP contribution in [0.15, 0.2) is 35.9 Å². The summed E-state index contributed by atoms with van der Waals surface area (Å²) in [6.07, 6.45) is 1.36. The Kier molecular flexibility index (Phi) is 9.02. The lowest BCUT2D eigenvalue weighted by Crippen LogP contribution is -2.39. The second-order valence-electron chi connectivity index (χ2n) is 7.30. The minimum atomic E-state index is -1.11. The summed E-state index contributed by atoms with van der Waals surface area (Å²) in [5, 5.41) is 2.63. The van der Waals surface area contributed by atoms with Gasteiger partial charge in [-0.3, -0.25) is 14.4 Å². The molecular weight excluding hydrogens is 442 g/mol. The third-order valence-corrected chi connectivity index (χ3v) is 4.91. The van der Waals surface area contributed by atoms with Crippen LogP contribution in [-0.2, 0) is 9.59 Å². The smallest absolute Gasteiger partial charge is 0.241 e. The number of hydrogen-bond acceptors (Lipinski definition) is 8. The van der Waals surface area contributed by atoms with E-state index < -0.39 is 17.9 Å². The molecule has 10 heteroatoms. The maximum atomic E-state index is 13.1. The van der Waals surface area contributed by atoms with Crippen molar-refractivity contribution in [2.45, 2.75) is 19.4 Å². The molecule has 0 aliphatic carbocycles. The molecule has 2 aromatic carbocycles. The molecule has 5 N–H and O–H groups in total. The van der Waals surface area contributed by atoms with Crippen molar-refractivity contribution in [1.82, 2.24) is 0 Å². The van der Waals surface area contributed by atoms with Crippen LogP contribution in [0.4, 0.5) is 5.69 Å². The molecule has 0 fully saturated rings. The van der Waals surface area contributed by atoms with Gasteiger partial charge < -0.3 is 35.7 Å². The molecule has 0 heterocycles. The molecule has 0 aliphatic rings. The van der Waals surface area contributed by atoms with E-state index in [-0.39, 0.29) is 12.2 Å². The van der Waals surface area contributed by atoms with Crippen molar-refractivity contribution in [3.05, 3.63) is 47.0 Å². The van der Waals surface area contributed by atoms with E-state index in [1.54, 1.807) is 43.3 Å². The lowest BCUT2D eigenvalue weighted by atomic mass is 10.0. The number of nitrogens with two attached hydrogens (primary N) is 2. The molecule has 0 radical (unpaired) electrons. The summed E-state index contributed by atoms with van der Waals surface area (Å²) in [6.45, 7) is 1.66. The normalized spacial score (nSPS) is 11.9. The van der Waals surface area contributed by atoms with Gasteiger partial charge in [0.2, 0.25) is 17.6 Å². The largest absolute Gasteiger partial charge is 0.495 e. The molecular formula is C24H29N3O7. The van der Waals surface area contributed by atoms with Gasteiger partial charge in [-0.15, -0.1) is 0 Å². The van der Waals surface area contributed by atoms with Crippen molar-refractivity contribution in [2.75, 3.05) is 33.8 Å². The highest BCUT2D eigenvalue weighted by Gasteiger charge is 2.19. The summed E-state index contributed by atoms with van der Waals surface area (Å²) in [7, 11) is 5.87. The number of nitrogens with one attached hydrogen (secondary N) is 1. The minimum Gasteiger partial charge on any atom is -0.495 e. The van der Waals surface area contributed by atoms with Crippen LogP contribution in [0, 0.1) is 0 Å². The Morgan fingerprint density at radius 2 is 1.53 bits per heavy atom. The third kappa shape index (κ3) is 6.26. The summed E-state index contributed by atoms with van der Waals surface area (Å²) in [5.41, 5.74) is 12.5. The van der Waals surface area contributed by atoms with Gasteiger partial charge in [0.05, 0.1) is 46.6 Å². The van der Waals surface area contributed by atoms with E-state index >= 15 is 0 Å². The Bertz CT molecular complexity index is 1090. The van der Waals surface area contributed by atoms with Crippen LogP contribution in [0.25, 0.3) is 6.08 Å². The number of anilines is 1. The molecule has 0 aromatic heterocycles. The highest BCUT2D eigenvalue weighted by Crippen LogP contribution is 2.38. The fraction of sp³-hybridized carbons (Fsp3) is 0.292. The molecule has 182 valence electrons. The number of rotatable bonds is 11. The molecule has 2 rings (SSSR count). The molecule has 2 aromatic rings. The van der Waals surface area contributed by atoms with E-state index in [0.717, 1.165) is 0 Å². The zero-order valence-electron chi connectivity index (χ0n) is 19.8. The van der Waals surface area contributed by atoms with E-state index in [1.807, 2.05) is 0 Å². The highest BCUT2D eigenvalue weighted by atomic mass is 16.5. The number of Topliss-reactive ketones (excluding diaryl/α,β-unsaturated/α-hetero) is 1. The first kappa shape index (κ1) is 26.2. The second-order valence-corrected chi connectivity index (χ2v) is 7.30. The molecule has 2 amide bonds. The van der Waals surface area contributed by atoms with Crippen molar-refractivity contribution in [3.63, 3.8) is 0 Å². The molecule has 0 saturated heterocycles. The minimum absolute atomic E-state index is 0.260. The second kappa shape index (κ2) is 11.7. The third-order valence-electron chi connectivity index (χ3n) is 4.91. The van der Waals surface area contributed by atoms with Crippen molar-refractivity contribution < 1.29 is 33.3 Å². The zero-order chi connectivity index (χ0) is 25.4. The number of methoxy groups -OCH3 is 4. The number of amides is 2. The van der Waals surface area contributed by atoms with Crippen LogP contribution in [0.5, 0.6) is 23.0 Å². The number of primary amides is 1. The van der Waals surface area contributed by atoms with Crippen molar-refractivity contribution in [3.8, 4) is 23.0 Å². The predicted molar refractivity (Wildman–Crippen MR) is 127 cm³/mol. The fourth-order valence-electron chi connectivity index (χ4n) is 3.20. The van der Waals surface area contributed by atoms with Gasteiger partial charge in [0.15, 0.2) is 17.3 Å². The van der Waals surface area contributed by atoms with E-state index in [4.69, 9.17) is 30.4 Å². The maximum absolute atomic E-state index is 13.1. The average Bonchev–Trinajstić information content (AvgIpc) is 2.82. The Morgan fingerprint density at radius 1 is 0.941 bits per heavy atom. The summed E-state index contributed by atoms with van der Waals surface area (Å²) in [5.74, 6) is -0.0574. The van der Waals surface area contributed by atoms with Crippen LogP contribution in [0.2, 0.25) is 0 Å². The lowest BCUT2D eigenvalue weighted by Gasteiger charge is -2.15. The molecule has 10 nitrogen and oxygen atoms in total. The molecule has 1 atom stereocenters. The Morgan fingerprint density at radius 3 is 2.03 bits per heavy atom. The van der Waals surface area contributed by atoms with Gasteiger partial charge in [0.25, 0.3) is 0 Å². The molecule has 34 heavy (non-hydrogen) atoms. The number of carbonyl (C=O) groups is 3. The Balaban J connectivity index is 2.36. The van der Waals surface area contributed by atoms with Gasteiger partial charge in [0, 0.05) is 5.56 Å². The molecule has 0 saturated carbocycles. The molecule has 1 unspecified atom stereocenters. The fourth-order valence-corrected chi connectivity index (χ4v) is 3.20. The summed E-state index contributed by atoms with van der Waals surface area (Å²) < 4.78 is 21.2. The first-order chi connectivity index (χ1) is 16.1. The van der Waals surface area contributed by atoms with Gasteiger partial charge in [0.1, 0.15) is 5.75 Å². The van der Waals surface area contributed by atoms with Crippen LogP contribution < -0.4 is 35.7 Å². The summed E-state index contributed by atoms with van der Waals surface area (Å²) in [6, 6.07) is 7.02. The van der Waals surface area contributed by atoms with E-state index in [9.17, 15) is 14.4 Å². The van der Waals surface area contributed by atoms with Gasteiger partial charge >= 0.3 is 0 Å². The maximum Gasteiger partial charge on any atom is 0.241 e. The number of ketones is 1. The van der Waals surface area contributed by atoms with E-state index in [2.05, 4.69) is 5.32 Å². The Hall–Kier alpha value is -4.05. The topological polar surface area (TPSA) is 152 Å². The van der Waals surface area contributed by atoms with Crippen LogP contribution in [0.3, 0.4) is 0 Å². The summed E-state index contributed by atoms with van der Waals surface area (Å²) >= 11 is 0. The molecule has 0 aliphatic heterocycles. The first-order valence-corrected chi connectivity index (χ1v) is 10.2. The summed E-state index contributed by atoms with van der Waals surface area (Å²) in [4.78, 5) is 36.4. The number of carbonyl (C=O) groups excluding carboxylic acids is 3. The van der Waals surface area contributed by atoms with E-state index in [1.165, 1.54) is 28.4 Å². The van der Waals surface area contributed by atoms with Crippen LogP contribution >= 0.6 is 0 Å². The van der Waals surface area contributed by atoms with E-state index in [0.29, 0.717) is 45.4 Å². The van der Waals surface area contributed by atoms with Gasteiger partial charge in [-0.2, -0.15) is 0 Å². The zero-order valence-corrected chi connectivity index (χ0v) is 19.8.